The molecule has 7 nitrogen and oxygen atoms in total. The summed E-state index contributed by atoms with van der Waals surface area (Å²) in [5, 5.41) is 22.6. The monoisotopic (exact) mass is 261 g/mol. The van der Waals surface area contributed by atoms with Gasteiger partial charge in [0.15, 0.2) is 0 Å². The third-order valence-corrected chi connectivity index (χ3v) is 2.62. The number of phenolic OH excluding ortho intramolecular Hbond substituents is 1. The summed E-state index contributed by atoms with van der Waals surface area (Å²) in [6.45, 7) is 0. The Morgan fingerprint density at radius 2 is 2.16 bits per heavy atom. The second kappa shape index (κ2) is 4.81. The molecule has 0 radical (unpaired) electrons. The zero-order chi connectivity index (χ0) is 14.0. The van der Waals surface area contributed by atoms with Crippen molar-refractivity contribution in [3.63, 3.8) is 0 Å². The van der Waals surface area contributed by atoms with E-state index in [1.165, 1.54) is 12.1 Å². The van der Waals surface area contributed by atoms with E-state index in [0.717, 1.165) is 6.07 Å². The average Bonchev–Trinajstić information content (AvgIpc) is 2.77. The van der Waals surface area contributed by atoms with Crippen LogP contribution in [0.3, 0.4) is 0 Å². The van der Waals surface area contributed by atoms with Crippen molar-refractivity contribution >= 4 is 17.3 Å². The molecule has 1 aromatic heterocycles. The normalized spacial score (nSPS) is 10.2. The van der Waals surface area contributed by atoms with Gasteiger partial charge in [0.1, 0.15) is 11.4 Å². The van der Waals surface area contributed by atoms with Gasteiger partial charge < -0.3 is 15.0 Å². The summed E-state index contributed by atoms with van der Waals surface area (Å²) >= 11 is 0. The lowest BCUT2D eigenvalue weighted by Gasteiger charge is -2.07. The van der Waals surface area contributed by atoms with Gasteiger partial charge in [-0.3, -0.25) is 14.9 Å². The fourth-order valence-corrected chi connectivity index (χ4v) is 1.62. The van der Waals surface area contributed by atoms with Gasteiger partial charge in [-0.15, -0.1) is 0 Å². The molecule has 1 amide bonds. The molecule has 2 N–H and O–H groups in total. The predicted molar refractivity (Wildman–Crippen MR) is 68.1 cm³/mol. The molecule has 0 spiro atoms. The van der Waals surface area contributed by atoms with Gasteiger partial charge in [0.05, 0.1) is 16.7 Å². The number of carbonyl (C=O) groups is 1. The number of rotatable bonds is 3. The lowest BCUT2D eigenvalue weighted by Crippen LogP contribution is -2.15. The maximum atomic E-state index is 11.9. The Kier molecular flexibility index (Phi) is 3.19. The van der Waals surface area contributed by atoms with Crippen LogP contribution in [0.1, 0.15) is 10.5 Å². The summed E-state index contributed by atoms with van der Waals surface area (Å²) in [5.41, 5.74) is 0.295. The van der Waals surface area contributed by atoms with Gasteiger partial charge in [-0.1, -0.05) is 0 Å². The van der Waals surface area contributed by atoms with Crippen LogP contribution in [-0.2, 0) is 7.05 Å². The number of anilines is 1. The molecular formula is C12H11N3O4. The van der Waals surface area contributed by atoms with Crippen LogP contribution >= 0.6 is 0 Å². The van der Waals surface area contributed by atoms with Crippen molar-refractivity contribution in [2.75, 3.05) is 5.32 Å². The Morgan fingerprint density at radius 3 is 2.68 bits per heavy atom. The molecule has 0 bridgehead atoms. The molecule has 0 aliphatic rings. The van der Waals surface area contributed by atoms with Crippen LogP contribution in [0.2, 0.25) is 0 Å². The number of aromatic nitrogens is 1. The van der Waals surface area contributed by atoms with E-state index in [4.69, 9.17) is 0 Å². The Balaban J connectivity index is 2.23. The number of hydrogen-bond donors (Lipinski definition) is 2. The third kappa shape index (κ3) is 2.54. The van der Waals surface area contributed by atoms with E-state index in [1.807, 2.05) is 0 Å². The number of non-ortho nitro benzene ring substituents is 1. The van der Waals surface area contributed by atoms with Crippen molar-refractivity contribution in [3.8, 4) is 5.75 Å². The minimum Gasteiger partial charge on any atom is -0.506 e. The molecule has 98 valence electrons. The fraction of sp³-hybridized carbons (Fsp3) is 0.0833. The summed E-state index contributed by atoms with van der Waals surface area (Å²) in [7, 11) is 1.71. The molecule has 2 aromatic rings. The number of nitro groups is 1. The van der Waals surface area contributed by atoms with Crippen molar-refractivity contribution in [1.29, 1.82) is 0 Å². The predicted octanol–water partition coefficient (Wildman–Crippen LogP) is 1.89. The molecule has 0 saturated carbocycles. The highest BCUT2D eigenvalue weighted by molar-refractivity contribution is 6.04. The molecule has 2 rings (SSSR count). The van der Waals surface area contributed by atoms with Crippen molar-refractivity contribution in [3.05, 3.63) is 52.3 Å². The third-order valence-electron chi connectivity index (χ3n) is 2.62. The van der Waals surface area contributed by atoms with Gasteiger partial charge in [0.25, 0.3) is 11.6 Å². The van der Waals surface area contributed by atoms with Crippen LogP contribution in [0.5, 0.6) is 5.75 Å². The van der Waals surface area contributed by atoms with Gasteiger partial charge in [-0.05, 0) is 18.2 Å². The molecule has 0 atom stereocenters. The topological polar surface area (TPSA) is 97.4 Å². The number of amides is 1. The van der Waals surface area contributed by atoms with E-state index in [1.54, 1.807) is 29.9 Å². The summed E-state index contributed by atoms with van der Waals surface area (Å²) in [6.07, 6.45) is 1.71. The number of hydrogen-bond acceptors (Lipinski definition) is 4. The summed E-state index contributed by atoms with van der Waals surface area (Å²) in [5.74, 6) is -0.756. The molecule has 1 heterocycles. The highest BCUT2D eigenvalue weighted by atomic mass is 16.6. The first kappa shape index (κ1) is 12.6. The molecule has 1 aromatic carbocycles. The highest BCUT2D eigenvalue weighted by Gasteiger charge is 2.14. The summed E-state index contributed by atoms with van der Waals surface area (Å²) in [6, 6.07) is 6.82. The number of aryl methyl sites for hydroxylation is 1. The van der Waals surface area contributed by atoms with E-state index in [0.29, 0.717) is 5.69 Å². The van der Waals surface area contributed by atoms with Gasteiger partial charge in [0.2, 0.25) is 0 Å². The molecule has 0 fully saturated rings. The number of aromatic hydroxyl groups is 1. The number of nitrogens with one attached hydrogen (secondary N) is 1. The Morgan fingerprint density at radius 1 is 1.42 bits per heavy atom. The quantitative estimate of drug-likeness (QED) is 0.500. The molecule has 0 aliphatic heterocycles. The van der Waals surface area contributed by atoms with Crippen molar-refractivity contribution in [2.24, 2.45) is 7.05 Å². The van der Waals surface area contributed by atoms with E-state index in [2.05, 4.69) is 5.32 Å². The number of benzene rings is 1. The molecule has 0 aliphatic carbocycles. The van der Waals surface area contributed by atoms with Crippen LogP contribution in [0.4, 0.5) is 11.4 Å². The summed E-state index contributed by atoms with van der Waals surface area (Å²) in [4.78, 5) is 21.8. The number of nitro benzene ring substituents is 1. The molecule has 7 heteroatoms. The smallest absolute Gasteiger partial charge is 0.273 e. The van der Waals surface area contributed by atoms with Crippen LogP contribution in [0, 0.1) is 10.1 Å². The number of nitrogens with zero attached hydrogens (tertiary/aromatic N) is 2. The van der Waals surface area contributed by atoms with Crippen molar-refractivity contribution < 1.29 is 14.8 Å². The van der Waals surface area contributed by atoms with E-state index in [-0.39, 0.29) is 17.1 Å². The van der Waals surface area contributed by atoms with Crippen LogP contribution in [0.25, 0.3) is 0 Å². The highest BCUT2D eigenvalue weighted by Crippen LogP contribution is 2.28. The first-order valence-corrected chi connectivity index (χ1v) is 5.39. The minimum atomic E-state index is -0.623. The van der Waals surface area contributed by atoms with E-state index < -0.39 is 10.8 Å². The number of phenols is 1. The van der Waals surface area contributed by atoms with Crippen LogP contribution < -0.4 is 5.32 Å². The largest absolute Gasteiger partial charge is 0.506 e. The van der Waals surface area contributed by atoms with Gasteiger partial charge in [-0.2, -0.15) is 0 Å². The molecule has 0 unspecified atom stereocenters. The van der Waals surface area contributed by atoms with Crippen molar-refractivity contribution in [2.45, 2.75) is 0 Å². The first-order chi connectivity index (χ1) is 8.99. The van der Waals surface area contributed by atoms with Crippen LogP contribution in [0.15, 0.2) is 36.5 Å². The zero-order valence-electron chi connectivity index (χ0n) is 10.0. The Labute approximate surface area is 108 Å². The lowest BCUT2D eigenvalue weighted by molar-refractivity contribution is -0.384. The van der Waals surface area contributed by atoms with Gasteiger partial charge in [-0.25, -0.2) is 0 Å². The average molecular weight is 261 g/mol. The second-order valence-electron chi connectivity index (χ2n) is 3.92. The van der Waals surface area contributed by atoms with Gasteiger partial charge in [0, 0.05) is 19.3 Å². The fourth-order valence-electron chi connectivity index (χ4n) is 1.62. The maximum absolute atomic E-state index is 11.9. The summed E-state index contributed by atoms with van der Waals surface area (Å²) < 4.78 is 1.62. The number of carbonyl (C=O) groups excluding carboxylic acids is 1. The Bertz CT molecular complexity index is 648. The molecule has 19 heavy (non-hydrogen) atoms. The zero-order valence-corrected chi connectivity index (χ0v) is 10.0. The second-order valence-corrected chi connectivity index (χ2v) is 3.92. The maximum Gasteiger partial charge on any atom is 0.273 e. The van der Waals surface area contributed by atoms with Crippen LogP contribution in [-0.4, -0.2) is 20.5 Å². The van der Waals surface area contributed by atoms with E-state index in [9.17, 15) is 20.0 Å². The first-order valence-electron chi connectivity index (χ1n) is 5.39. The lowest BCUT2D eigenvalue weighted by atomic mass is 10.2. The Hall–Kier alpha value is -2.83. The SMILES string of the molecule is Cn1cccc1C(=O)Nc1ccc([N+](=O)[O-])cc1O. The van der Waals surface area contributed by atoms with E-state index >= 15 is 0 Å². The standard InChI is InChI=1S/C12H11N3O4/c1-14-6-2-3-10(14)12(17)13-9-5-4-8(15(18)19)7-11(9)16/h2-7,16H,1H3,(H,13,17). The molecule has 0 saturated heterocycles. The van der Waals surface area contributed by atoms with Gasteiger partial charge >= 0.3 is 0 Å². The van der Waals surface area contributed by atoms with Crippen molar-refractivity contribution in [1.82, 2.24) is 4.57 Å². The minimum absolute atomic E-state index is 0.122. The molecular weight excluding hydrogens is 250 g/mol.